The third kappa shape index (κ3) is 3.36. The fraction of sp³-hybridized carbons (Fsp3) is 0.533. The van der Waals surface area contributed by atoms with Crippen molar-refractivity contribution in [2.45, 2.75) is 19.1 Å². The van der Waals surface area contributed by atoms with Gasteiger partial charge in [0, 0.05) is 20.1 Å². The van der Waals surface area contributed by atoms with Gasteiger partial charge in [-0.1, -0.05) is 12.1 Å². The minimum absolute atomic E-state index is 0.101. The second kappa shape index (κ2) is 6.35. The number of aliphatic hydroxyl groups is 1. The van der Waals surface area contributed by atoms with E-state index in [1.54, 1.807) is 0 Å². The Morgan fingerprint density at radius 3 is 2.70 bits per heavy atom. The van der Waals surface area contributed by atoms with Gasteiger partial charge < -0.3 is 19.9 Å². The number of nitrogens with zero attached hydrogens (tertiary/aromatic N) is 3. The molecule has 0 aliphatic heterocycles. The zero-order valence-corrected chi connectivity index (χ0v) is 12.7. The molecule has 1 aromatic heterocycles. The van der Waals surface area contributed by atoms with Crippen LogP contribution in [0.1, 0.15) is 18.8 Å². The fourth-order valence-electron chi connectivity index (χ4n) is 2.44. The van der Waals surface area contributed by atoms with Crippen molar-refractivity contribution >= 4 is 11.0 Å². The Balaban J connectivity index is 2.04. The largest absolute Gasteiger partial charge is 0.390 e. The standard InChI is InChI=1S/C15H24N4O/c1-11(16-9-12(20)10-18(2)3)15-17-13-7-5-6-8-14(13)19(15)4/h5-8,11-12,16,20H,9-10H2,1-4H3. The van der Waals surface area contributed by atoms with Crippen molar-refractivity contribution in [3.63, 3.8) is 0 Å². The first kappa shape index (κ1) is 15.0. The molecular formula is C15H24N4O. The van der Waals surface area contributed by atoms with Crippen LogP contribution in [0.15, 0.2) is 24.3 Å². The molecule has 0 fully saturated rings. The highest BCUT2D eigenvalue weighted by molar-refractivity contribution is 5.75. The molecule has 0 aliphatic rings. The van der Waals surface area contributed by atoms with Crippen molar-refractivity contribution in [3.8, 4) is 0 Å². The van der Waals surface area contributed by atoms with Gasteiger partial charge in [0.2, 0.25) is 0 Å². The van der Waals surface area contributed by atoms with Crippen LogP contribution < -0.4 is 5.32 Å². The van der Waals surface area contributed by atoms with Gasteiger partial charge in [-0.15, -0.1) is 0 Å². The van der Waals surface area contributed by atoms with Gasteiger partial charge in [0.05, 0.1) is 23.2 Å². The second-order valence-electron chi connectivity index (χ2n) is 5.56. The second-order valence-corrected chi connectivity index (χ2v) is 5.56. The summed E-state index contributed by atoms with van der Waals surface area (Å²) in [5.74, 6) is 0.989. The molecule has 0 radical (unpaired) electrons. The lowest BCUT2D eigenvalue weighted by Crippen LogP contribution is -2.36. The first-order chi connectivity index (χ1) is 9.49. The van der Waals surface area contributed by atoms with E-state index in [0.717, 1.165) is 16.9 Å². The van der Waals surface area contributed by atoms with Gasteiger partial charge in [0.1, 0.15) is 5.82 Å². The molecule has 20 heavy (non-hydrogen) atoms. The number of aromatic nitrogens is 2. The number of para-hydroxylation sites is 2. The van der Waals surface area contributed by atoms with Crippen molar-refractivity contribution in [1.29, 1.82) is 0 Å². The number of aryl methyl sites for hydroxylation is 1. The summed E-state index contributed by atoms with van der Waals surface area (Å²) in [7, 11) is 5.94. The molecule has 110 valence electrons. The molecule has 2 atom stereocenters. The molecule has 2 unspecified atom stereocenters. The van der Waals surface area contributed by atoms with Gasteiger partial charge in [0.15, 0.2) is 0 Å². The number of rotatable bonds is 6. The van der Waals surface area contributed by atoms with Crippen LogP contribution in [-0.2, 0) is 7.05 Å². The highest BCUT2D eigenvalue weighted by Crippen LogP contribution is 2.18. The maximum atomic E-state index is 9.89. The Morgan fingerprint density at radius 2 is 2.05 bits per heavy atom. The molecule has 0 saturated carbocycles. The summed E-state index contributed by atoms with van der Waals surface area (Å²) in [5, 5.41) is 13.2. The van der Waals surface area contributed by atoms with E-state index < -0.39 is 0 Å². The molecular weight excluding hydrogens is 252 g/mol. The van der Waals surface area contributed by atoms with Crippen molar-refractivity contribution in [2.24, 2.45) is 7.05 Å². The Bertz CT molecular complexity index is 564. The Labute approximate surface area is 120 Å². The van der Waals surface area contributed by atoms with Crippen molar-refractivity contribution in [2.75, 3.05) is 27.2 Å². The average Bonchev–Trinajstić information content (AvgIpc) is 2.73. The van der Waals surface area contributed by atoms with E-state index >= 15 is 0 Å². The maximum absolute atomic E-state index is 9.89. The van der Waals surface area contributed by atoms with Crippen LogP contribution in [-0.4, -0.2) is 52.8 Å². The zero-order valence-electron chi connectivity index (χ0n) is 12.7. The van der Waals surface area contributed by atoms with Crippen LogP contribution in [0.4, 0.5) is 0 Å². The zero-order chi connectivity index (χ0) is 14.7. The monoisotopic (exact) mass is 276 g/mol. The lowest BCUT2D eigenvalue weighted by molar-refractivity contribution is 0.131. The molecule has 5 nitrogen and oxygen atoms in total. The number of benzene rings is 1. The maximum Gasteiger partial charge on any atom is 0.126 e. The van der Waals surface area contributed by atoms with Crippen molar-refractivity contribution < 1.29 is 5.11 Å². The van der Waals surface area contributed by atoms with Crippen LogP contribution >= 0.6 is 0 Å². The van der Waals surface area contributed by atoms with Crippen LogP contribution in [0.3, 0.4) is 0 Å². The Kier molecular flexibility index (Phi) is 4.75. The highest BCUT2D eigenvalue weighted by atomic mass is 16.3. The summed E-state index contributed by atoms with van der Waals surface area (Å²) in [5.41, 5.74) is 2.14. The van der Waals surface area contributed by atoms with E-state index in [-0.39, 0.29) is 12.1 Å². The summed E-state index contributed by atoms with van der Waals surface area (Å²) in [6, 6.07) is 8.21. The SMILES string of the molecule is CC(NCC(O)CN(C)C)c1nc2ccccc2n1C. The molecule has 0 spiro atoms. The van der Waals surface area contributed by atoms with E-state index in [2.05, 4.69) is 27.9 Å². The predicted octanol–water partition coefficient (Wildman–Crippen LogP) is 1.15. The molecule has 0 saturated heterocycles. The van der Waals surface area contributed by atoms with E-state index in [1.807, 2.05) is 44.2 Å². The minimum Gasteiger partial charge on any atom is -0.390 e. The number of nitrogens with one attached hydrogen (secondary N) is 1. The Hall–Kier alpha value is -1.43. The van der Waals surface area contributed by atoms with Crippen LogP contribution in [0.25, 0.3) is 11.0 Å². The number of imidazole rings is 1. The van der Waals surface area contributed by atoms with Crippen LogP contribution in [0.5, 0.6) is 0 Å². The number of likely N-dealkylation sites (N-methyl/N-ethyl adjacent to an activating group) is 1. The molecule has 1 heterocycles. The van der Waals surface area contributed by atoms with Gasteiger partial charge in [0.25, 0.3) is 0 Å². The first-order valence-electron chi connectivity index (χ1n) is 6.96. The predicted molar refractivity (Wildman–Crippen MR) is 81.7 cm³/mol. The molecule has 5 heteroatoms. The number of fused-ring (bicyclic) bond motifs is 1. The quantitative estimate of drug-likeness (QED) is 0.831. The summed E-state index contributed by atoms with van der Waals surface area (Å²) in [6.07, 6.45) is -0.373. The Morgan fingerprint density at radius 1 is 1.35 bits per heavy atom. The van der Waals surface area contributed by atoms with Gasteiger partial charge >= 0.3 is 0 Å². The number of hydrogen-bond donors (Lipinski definition) is 2. The van der Waals surface area contributed by atoms with Crippen molar-refractivity contribution in [3.05, 3.63) is 30.1 Å². The van der Waals surface area contributed by atoms with E-state index in [1.165, 1.54) is 0 Å². The minimum atomic E-state index is -0.373. The number of aliphatic hydroxyl groups excluding tert-OH is 1. The molecule has 0 bridgehead atoms. The van der Waals surface area contributed by atoms with Gasteiger partial charge in [-0.2, -0.15) is 0 Å². The lowest BCUT2D eigenvalue weighted by Gasteiger charge is -2.19. The molecule has 2 aromatic rings. The topological polar surface area (TPSA) is 53.3 Å². The molecule has 2 N–H and O–H groups in total. The van der Waals surface area contributed by atoms with Gasteiger partial charge in [-0.3, -0.25) is 0 Å². The summed E-state index contributed by atoms with van der Waals surface area (Å²) >= 11 is 0. The average molecular weight is 276 g/mol. The molecule has 2 rings (SSSR count). The smallest absolute Gasteiger partial charge is 0.126 e. The van der Waals surface area contributed by atoms with Crippen molar-refractivity contribution in [1.82, 2.24) is 19.8 Å². The third-order valence-electron chi connectivity index (χ3n) is 3.44. The molecule has 0 amide bonds. The highest BCUT2D eigenvalue weighted by Gasteiger charge is 2.15. The van der Waals surface area contributed by atoms with Crippen LogP contribution in [0, 0.1) is 0 Å². The number of hydrogen-bond acceptors (Lipinski definition) is 4. The van der Waals surface area contributed by atoms with Crippen LogP contribution in [0.2, 0.25) is 0 Å². The lowest BCUT2D eigenvalue weighted by atomic mass is 10.2. The summed E-state index contributed by atoms with van der Waals surface area (Å²) in [6.45, 7) is 3.29. The summed E-state index contributed by atoms with van der Waals surface area (Å²) < 4.78 is 2.10. The van der Waals surface area contributed by atoms with Gasteiger partial charge in [-0.25, -0.2) is 4.98 Å². The van der Waals surface area contributed by atoms with E-state index in [0.29, 0.717) is 13.1 Å². The normalized spacial score (nSPS) is 14.9. The molecule has 1 aromatic carbocycles. The summed E-state index contributed by atoms with van der Waals surface area (Å²) in [4.78, 5) is 6.64. The fourth-order valence-corrected chi connectivity index (χ4v) is 2.44. The third-order valence-corrected chi connectivity index (χ3v) is 3.44. The van der Waals surface area contributed by atoms with Gasteiger partial charge in [-0.05, 0) is 33.2 Å². The first-order valence-corrected chi connectivity index (χ1v) is 6.96. The van der Waals surface area contributed by atoms with E-state index in [9.17, 15) is 5.11 Å². The van der Waals surface area contributed by atoms with E-state index in [4.69, 9.17) is 0 Å². The molecule has 0 aliphatic carbocycles.